The van der Waals surface area contributed by atoms with Gasteiger partial charge in [0, 0.05) is 6.54 Å². The van der Waals surface area contributed by atoms with Crippen molar-refractivity contribution in [2.24, 2.45) is 5.92 Å². The maximum absolute atomic E-state index is 12.7. The van der Waals surface area contributed by atoms with Gasteiger partial charge in [-0.1, -0.05) is 6.92 Å². The lowest BCUT2D eigenvalue weighted by atomic mass is 9.91. The topological polar surface area (TPSA) is 80.1 Å². The lowest BCUT2D eigenvalue weighted by Gasteiger charge is -2.39. The molecule has 1 saturated carbocycles. The minimum atomic E-state index is -0.745. The van der Waals surface area contributed by atoms with E-state index >= 15 is 0 Å². The Labute approximate surface area is 123 Å². The maximum atomic E-state index is 12.7. The monoisotopic (exact) mass is 291 g/mol. The quantitative estimate of drug-likeness (QED) is 0.847. The molecule has 3 rings (SSSR count). The van der Waals surface area contributed by atoms with Crippen LogP contribution in [0, 0.1) is 5.92 Å². The molecule has 7 heteroatoms. The summed E-state index contributed by atoms with van der Waals surface area (Å²) in [6.07, 6.45) is 4.45. The van der Waals surface area contributed by atoms with Crippen LogP contribution in [0.25, 0.3) is 0 Å². The predicted molar refractivity (Wildman–Crippen MR) is 75.0 cm³/mol. The molecule has 0 radical (unpaired) electrons. The number of hydrogen-bond acceptors (Lipinski definition) is 4. The fraction of sp³-hybridized carbons (Fsp3) is 0.714. The normalized spacial score (nSPS) is 26.1. The zero-order chi connectivity index (χ0) is 15.0. The number of hydrogen-bond donors (Lipinski definition) is 1. The average molecular weight is 291 g/mol. The van der Waals surface area contributed by atoms with Crippen molar-refractivity contribution in [3.05, 3.63) is 12.2 Å². The van der Waals surface area contributed by atoms with Gasteiger partial charge in [0.1, 0.15) is 24.2 Å². The van der Waals surface area contributed by atoms with Crippen molar-refractivity contribution in [1.82, 2.24) is 25.0 Å². The smallest absolute Gasteiger partial charge is 0.249 e. The van der Waals surface area contributed by atoms with Crippen LogP contribution in [0.5, 0.6) is 0 Å². The molecule has 2 heterocycles. The Morgan fingerprint density at radius 1 is 1.43 bits per heavy atom. The molecule has 1 N–H and O–H groups in total. The Kier molecular flexibility index (Phi) is 3.43. The van der Waals surface area contributed by atoms with E-state index in [0.717, 1.165) is 31.6 Å². The van der Waals surface area contributed by atoms with Crippen molar-refractivity contribution in [3.63, 3.8) is 0 Å². The van der Waals surface area contributed by atoms with Crippen molar-refractivity contribution in [3.8, 4) is 0 Å². The second-order valence-electron chi connectivity index (χ2n) is 6.09. The summed E-state index contributed by atoms with van der Waals surface area (Å²) in [6.45, 7) is 5.11. The Balaban J connectivity index is 1.79. The molecule has 1 aromatic heterocycles. The van der Waals surface area contributed by atoms with E-state index in [0.29, 0.717) is 6.54 Å². The first-order valence-corrected chi connectivity index (χ1v) is 7.51. The van der Waals surface area contributed by atoms with Crippen LogP contribution < -0.4 is 5.32 Å². The van der Waals surface area contributed by atoms with Gasteiger partial charge in [0.05, 0.1) is 6.54 Å². The number of carbonyl (C=O) groups excluding carboxylic acids is 2. The SMILES string of the molecule is CCCn1ncnc1CN1CC(=O)NC(C)(C2CC2)C1=O. The zero-order valence-corrected chi connectivity index (χ0v) is 12.5. The minimum Gasteiger partial charge on any atom is -0.340 e. The first-order chi connectivity index (χ1) is 10.0. The van der Waals surface area contributed by atoms with E-state index in [9.17, 15) is 9.59 Å². The lowest BCUT2D eigenvalue weighted by molar-refractivity contribution is -0.151. The Bertz CT molecular complexity index is 565. The molecule has 1 aliphatic carbocycles. The van der Waals surface area contributed by atoms with Crippen LogP contribution in [0.1, 0.15) is 38.9 Å². The van der Waals surface area contributed by atoms with Crippen LogP contribution in [0.4, 0.5) is 0 Å². The molecule has 1 atom stereocenters. The van der Waals surface area contributed by atoms with Gasteiger partial charge in [-0.15, -0.1) is 0 Å². The summed E-state index contributed by atoms with van der Waals surface area (Å²) in [5.74, 6) is 0.907. The van der Waals surface area contributed by atoms with Crippen LogP contribution in [-0.4, -0.2) is 43.6 Å². The Morgan fingerprint density at radius 2 is 2.19 bits per heavy atom. The highest BCUT2D eigenvalue weighted by Crippen LogP contribution is 2.41. The molecule has 21 heavy (non-hydrogen) atoms. The van der Waals surface area contributed by atoms with Crippen molar-refractivity contribution < 1.29 is 9.59 Å². The van der Waals surface area contributed by atoms with Crippen molar-refractivity contribution in [2.75, 3.05) is 6.54 Å². The molecule has 0 aromatic carbocycles. The number of carbonyl (C=O) groups is 2. The average Bonchev–Trinajstić information content (AvgIpc) is 3.21. The van der Waals surface area contributed by atoms with E-state index in [1.807, 2.05) is 6.92 Å². The summed E-state index contributed by atoms with van der Waals surface area (Å²) in [7, 11) is 0. The van der Waals surface area contributed by atoms with E-state index in [2.05, 4.69) is 22.3 Å². The van der Waals surface area contributed by atoms with Crippen molar-refractivity contribution >= 4 is 11.8 Å². The van der Waals surface area contributed by atoms with Crippen LogP contribution in [0.3, 0.4) is 0 Å². The van der Waals surface area contributed by atoms with Gasteiger partial charge in [0.25, 0.3) is 0 Å². The second-order valence-corrected chi connectivity index (χ2v) is 6.09. The third-order valence-corrected chi connectivity index (χ3v) is 4.32. The third kappa shape index (κ3) is 2.52. The fourth-order valence-corrected chi connectivity index (χ4v) is 3.00. The van der Waals surface area contributed by atoms with E-state index in [-0.39, 0.29) is 24.3 Å². The number of amides is 2. The van der Waals surface area contributed by atoms with Gasteiger partial charge < -0.3 is 10.2 Å². The number of nitrogens with one attached hydrogen (secondary N) is 1. The first-order valence-electron chi connectivity index (χ1n) is 7.51. The molecule has 0 bridgehead atoms. The number of piperazine rings is 1. The van der Waals surface area contributed by atoms with Gasteiger partial charge in [-0.2, -0.15) is 5.10 Å². The molecule has 1 aliphatic heterocycles. The summed E-state index contributed by atoms with van der Waals surface area (Å²) in [5.41, 5.74) is -0.745. The summed E-state index contributed by atoms with van der Waals surface area (Å²) in [4.78, 5) is 30.5. The highest BCUT2D eigenvalue weighted by atomic mass is 16.2. The standard InChI is InChI=1S/C14H21N5O2/c1-3-6-19-11(15-9-16-19)7-18-8-12(20)17-14(2,13(18)21)10-4-5-10/h9-10H,3-8H2,1-2H3,(H,17,20). The lowest BCUT2D eigenvalue weighted by Crippen LogP contribution is -2.66. The Morgan fingerprint density at radius 3 is 2.86 bits per heavy atom. The maximum Gasteiger partial charge on any atom is 0.249 e. The number of aromatic nitrogens is 3. The fourth-order valence-electron chi connectivity index (χ4n) is 3.00. The molecule has 2 fully saturated rings. The van der Waals surface area contributed by atoms with Gasteiger partial charge in [-0.25, -0.2) is 9.67 Å². The third-order valence-electron chi connectivity index (χ3n) is 4.32. The highest BCUT2D eigenvalue weighted by molar-refractivity contribution is 5.98. The second kappa shape index (κ2) is 5.13. The number of aryl methyl sites for hydroxylation is 1. The van der Waals surface area contributed by atoms with Gasteiger partial charge in [0.15, 0.2) is 0 Å². The molecular formula is C14H21N5O2. The Hall–Kier alpha value is -1.92. The van der Waals surface area contributed by atoms with E-state index in [1.165, 1.54) is 6.33 Å². The molecule has 1 unspecified atom stereocenters. The summed E-state index contributed by atoms with van der Waals surface area (Å²) >= 11 is 0. The molecule has 0 spiro atoms. The van der Waals surface area contributed by atoms with Gasteiger partial charge in [-0.3, -0.25) is 9.59 Å². The molecule has 1 saturated heterocycles. The molecule has 2 amide bonds. The molecular weight excluding hydrogens is 270 g/mol. The summed E-state index contributed by atoms with van der Waals surface area (Å²) < 4.78 is 1.80. The van der Waals surface area contributed by atoms with Crippen LogP contribution >= 0.6 is 0 Å². The first kappa shape index (κ1) is 14.0. The highest BCUT2D eigenvalue weighted by Gasteiger charge is 2.52. The van der Waals surface area contributed by atoms with E-state index in [1.54, 1.807) is 9.58 Å². The van der Waals surface area contributed by atoms with Crippen LogP contribution in [0.15, 0.2) is 6.33 Å². The van der Waals surface area contributed by atoms with Crippen molar-refractivity contribution in [2.45, 2.75) is 51.7 Å². The molecule has 1 aromatic rings. The predicted octanol–water partition coefficient (Wildman–Crippen LogP) is 0.315. The largest absolute Gasteiger partial charge is 0.340 e. The van der Waals surface area contributed by atoms with E-state index in [4.69, 9.17) is 0 Å². The van der Waals surface area contributed by atoms with E-state index < -0.39 is 5.54 Å². The number of nitrogens with zero attached hydrogens (tertiary/aromatic N) is 4. The minimum absolute atomic E-state index is 0.00403. The molecule has 7 nitrogen and oxygen atoms in total. The summed E-state index contributed by atoms with van der Waals surface area (Å²) in [5, 5.41) is 7.05. The van der Waals surface area contributed by atoms with Gasteiger partial charge in [-0.05, 0) is 32.1 Å². The zero-order valence-electron chi connectivity index (χ0n) is 12.5. The van der Waals surface area contributed by atoms with Gasteiger partial charge in [0.2, 0.25) is 11.8 Å². The van der Waals surface area contributed by atoms with Crippen molar-refractivity contribution in [1.29, 1.82) is 0 Å². The summed E-state index contributed by atoms with van der Waals surface area (Å²) in [6, 6.07) is 0. The van der Waals surface area contributed by atoms with Crippen LogP contribution in [0.2, 0.25) is 0 Å². The molecule has 2 aliphatic rings. The molecule has 114 valence electrons. The number of rotatable bonds is 5. The van der Waals surface area contributed by atoms with Crippen LogP contribution in [-0.2, 0) is 22.7 Å². The van der Waals surface area contributed by atoms with Gasteiger partial charge >= 0.3 is 0 Å².